The molecule has 0 saturated carbocycles. The second-order valence-electron chi connectivity index (χ2n) is 4.47. The van der Waals surface area contributed by atoms with Gasteiger partial charge in [0.1, 0.15) is 5.82 Å². The van der Waals surface area contributed by atoms with Crippen LogP contribution in [0.5, 0.6) is 0 Å². The number of hydrogen-bond donors (Lipinski definition) is 1. The Labute approximate surface area is 118 Å². The van der Waals surface area contributed by atoms with Crippen molar-refractivity contribution in [3.8, 4) is 11.3 Å². The molecule has 0 fully saturated rings. The summed E-state index contributed by atoms with van der Waals surface area (Å²) in [5.74, 6) is 1.13. The molecule has 1 aromatic heterocycles. The third-order valence-corrected chi connectivity index (χ3v) is 2.91. The molecule has 108 valence electrons. The lowest BCUT2D eigenvalue weighted by molar-refractivity contribution is 0.199. The van der Waals surface area contributed by atoms with E-state index in [0.29, 0.717) is 18.3 Å². The van der Waals surface area contributed by atoms with Crippen molar-refractivity contribution in [2.75, 3.05) is 26.8 Å². The van der Waals surface area contributed by atoms with Gasteiger partial charge < -0.3 is 14.5 Å². The van der Waals surface area contributed by atoms with Gasteiger partial charge in [0.15, 0.2) is 11.7 Å². The lowest BCUT2D eigenvalue weighted by Gasteiger charge is -2.02. The molecule has 5 heteroatoms. The minimum Gasteiger partial charge on any atom is -0.441 e. The highest BCUT2D eigenvalue weighted by Gasteiger charge is 2.06. The highest BCUT2D eigenvalue weighted by Crippen LogP contribution is 2.20. The van der Waals surface area contributed by atoms with Gasteiger partial charge >= 0.3 is 0 Å². The highest BCUT2D eigenvalue weighted by atomic mass is 19.1. The summed E-state index contributed by atoms with van der Waals surface area (Å²) in [5, 5.41) is 3.27. The Kier molecular flexibility index (Phi) is 5.70. The number of hydrogen-bond acceptors (Lipinski definition) is 4. The minimum atomic E-state index is -0.254. The van der Waals surface area contributed by atoms with Gasteiger partial charge in [0.25, 0.3) is 0 Å². The molecule has 0 spiro atoms. The van der Waals surface area contributed by atoms with Crippen molar-refractivity contribution in [1.82, 2.24) is 10.3 Å². The van der Waals surface area contributed by atoms with Crippen LogP contribution in [-0.4, -0.2) is 31.8 Å². The van der Waals surface area contributed by atoms with E-state index in [9.17, 15) is 4.39 Å². The van der Waals surface area contributed by atoms with Gasteiger partial charge in [-0.3, -0.25) is 0 Å². The van der Waals surface area contributed by atoms with E-state index in [-0.39, 0.29) is 5.82 Å². The van der Waals surface area contributed by atoms with Crippen LogP contribution < -0.4 is 5.32 Å². The molecule has 1 N–H and O–H groups in total. The molecule has 1 heterocycles. The number of aromatic nitrogens is 1. The normalized spacial score (nSPS) is 10.9. The number of halogens is 1. The molecule has 0 saturated heterocycles. The van der Waals surface area contributed by atoms with Gasteiger partial charge in [-0.05, 0) is 37.2 Å². The molecule has 0 bridgehead atoms. The van der Waals surface area contributed by atoms with Crippen LogP contribution in [0.25, 0.3) is 11.3 Å². The lowest BCUT2D eigenvalue weighted by Crippen LogP contribution is -2.20. The largest absolute Gasteiger partial charge is 0.441 e. The number of nitrogens with one attached hydrogen (secondary N) is 1. The molecule has 0 radical (unpaired) electrons. The molecule has 4 nitrogen and oxygen atoms in total. The molecule has 0 aliphatic rings. The molecular formula is C15H19FN2O2. The summed E-state index contributed by atoms with van der Waals surface area (Å²) >= 11 is 0. The van der Waals surface area contributed by atoms with Gasteiger partial charge in [-0.15, -0.1) is 0 Å². The van der Waals surface area contributed by atoms with Gasteiger partial charge in [0.2, 0.25) is 0 Å². The number of methoxy groups -OCH3 is 1. The molecule has 20 heavy (non-hydrogen) atoms. The molecule has 0 atom stereocenters. The third kappa shape index (κ3) is 4.43. The summed E-state index contributed by atoms with van der Waals surface area (Å²) in [6.45, 7) is 2.47. The smallest absolute Gasteiger partial charge is 0.194 e. The van der Waals surface area contributed by atoms with E-state index >= 15 is 0 Å². The van der Waals surface area contributed by atoms with Crippen LogP contribution in [0.4, 0.5) is 4.39 Å². The van der Waals surface area contributed by atoms with E-state index in [2.05, 4.69) is 10.3 Å². The molecule has 0 aliphatic carbocycles. The molecule has 0 unspecified atom stereocenters. The fraction of sp³-hybridized carbons (Fsp3) is 0.400. The van der Waals surface area contributed by atoms with Gasteiger partial charge in [0, 0.05) is 25.6 Å². The topological polar surface area (TPSA) is 47.3 Å². The second-order valence-corrected chi connectivity index (χ2v) is 4.47. The molecule has 2 rings (SSSR count). The van der Waals surface area contributed by atoms with Gasteiger partial charge in [-0.25, -0.2) is 9.37 Å². The monoisotopic (exact) mass is 278 g/mol. The summed E-state index contributed by atoms with van der Waals surface area (Å²) in [6, 6.07) is 6.20. The predicted octanol–water partition coefficient (Wildman–Crippen LogP) is 2.65. The Morgan fingerprint density at radius 2 is 2.05 bits per heavy atom. The third-order valence-electron chi connectivity index (χ3n) is 2.91. The standard InChI is InChI=1S/C15H19FN2O2/c1-19-10-9-17-8-2-3-15-18-11-14(20-15)12-4-6-13(16)7-5-12/h4-7,11,17H,2-3,8-10H2,1H3. The molecule has 2 aromatic rings. The molecule has 1 aromatic carbocycles. The van der Waals surface area contributed by atoms with Crippen molar-refractivity contribution in [3.63, 3.8) is 0 Å². The van der Waals surface area contributed by atoms with Crippen molar-refractivity contribution in [2.45, 2.75) is 12.8 Å². The van der Waals surface area contributed by atoms with Crippen LogP contribution in [0, 0.1) is 5.82 Å². The van der Waals surface area contributed by atoms with Crippen molar-refractivity contribution in [3.05, 3.63) is 42.2 Å². The summed E-state index contributed by atoms with van der Waals surface area (Å²) < 4.78 is 23.4. The molecule has 0 amide bonds. The van der Waals surface area contributed by atoms with Crippen molar-refractivity contribution < 1.29 is 13.5 Å². The molecular weight excluding hydrogens is 259 g/mol. The maximum atomic E-state index is 12.8. The number of ether oxygens (including phenoxy) is 1. The van der Waals surface area contributed by atoms with Crippen LogP contribution in [0.2, 0.25) is 0 Å². The predicted molar refractivity (Wildman–Crippen MR) is 75.0 cm³/mol. The summed E-state index contributed by atoms with van der Waals surface area (Å²) in [6.07, 6.45) is 3.41. The maximum Gasteiger partial charge on any atom is 0.194 e. The van der Waals surface area contributed by atoms with Crippen LogP contribution in [-0.2, 0) is 11.2 Å². The fourth-order valence-corrected chi connectivity index (χ4v) is 1.84. The summed E-state index contributed by atoms with van der Waals surface area (Å²) in [4.78, 5) is 4.24. The lowest BCUT2D eigenvalue weighted by atomic mass is 10.2. The number of oxazole rings is 1. The first-order valence-electron chi connectivity index (χ1n) is 6.70. The van der Waals surface area contributed by atoms with E-state index in [1.807, 2.05) is 0 Å². The van der Waals surface area contributed by atoms with E-state index in [0.717, 1.165) is 31.5 Å². The van der Waals surface area contributed by atoms with Crippen LogP contribution in [0.15, 0.2) is 34.9 Å². The minimum absolute atomic E-state index is 0.254. The van der Waals surface area contributed by atoms with Crippen LogP contribution in [0.3, 0.4) is 0 Å². The average molecular weight is 278 g/mol. The quantitative estimate of drug-likeness (QED) is 0.754. The zero-order valence-corrected chi connectivity index (χ0v) is 11.6. The molecule has 0 aliphatic heterocycles. The van der Waals surface area contributed by atoms with Crippen LogP contribution in [0.1, 0.15) is 12.3 Å². The van der Waals surface area contributed by atoms with Crippen molar-refractivity contribution >= 4 is 0 Å². The van der Waals surface area contributed by atoms with Crippen molar-refractivity contribution in [2.24, 2.45) is 0 Å². The SMILES string of the molecule is COCCNCCCc1ncc(-c2ccc(F)cc2)o1. The maximum absolute atomic E-state index is 12.8. The number of nitrogens with zero attached hydrogens (tertiary/aromatic N) is 1. The van der Waals surface area contributed by atoms with Crippen LogP contribution >= 0.6 is 0 Å². The first-order valence-corrected chi connectivity index (χ1v) is 6.70. The van der Waals surface area contributed by atoms with Crippen molar-refractivity contribution in [1.29, 1.82) is 0 Å². The first-order chi connectivity index (χ1) is 9.79. The number of rotatable bonds is 8. The zero-order valence-electron chi connectivity index (χ0n) is 11.6. The second kappa shape index (κ2) is 7.77. The van der Waals surface area contributed by atoms with E-state index in [4.69, 9.17) is 9.15 Å². The fourth-order valence-electron chi connectivity index (χ4n) is 1.84. The Bertz CT molecular complexity index is 511. The number of benzene rings is 1. The first kappa shape index (κ1) is 14.7. The Morgan fingerprint density at radius 1 is 1.25 bits per heavy atom. The number of aryl methyl sites for hydroxylation is 1. The highest BCUT2D eigenvalue weighted by molar-refractivity contribution is 5.55. The van der Waals surface area contributed by atoms with E-state index in [1.54, 1.807) is 25.4 Å². The van der Waals surface area contributed by atoms with E-state index in [1.165, 1.54) is 12.1 Å². The summed E-state index contributed by atoms with van der Waals surface area (Å²) in [7, 11) is 1.69. The van der Waals surface area contributed by atoms with E-state index < -0.39 is 0 Å². The zero-order chi connectivity index (χ0) is 14.2. The Morgan fingerprint density at radius 3 is 2.80 bits per heavy atom. The summed E-state index contributed by atoms with van der Waals surface area (Å²) in [5.41, 5.74) is 0.836. The Hall–Kier alpha value is -1.72. The Balaban J connectivity index is 1.79. The van der Waals surface area contributed by atoms with Gasteiger partial charge in [-0.1, -0.05) is 0 Å². The van der Waals surface area contributed by atoms with Gasteiger partial charge in [-0.2, -0.15) is 0 Å². The van der Waals surface area contributed by atoms with Gasteiger partial charge in [0.05, 0.1) is 12.8 Å². The average Bonchev–Trinajstić information content (AvgIpc) is 2.92.